The minimum atomic E-state index is 0.434. The fourth-order valence-electron chi connectivity index (χ4n) is 2.19. The van der Waals surface area contributed by atoms with Gasteiger partial charge in [-0.15, -0.1) is 0 Å². The van der Waals surface area contributed by atoms with Gasteiger partial charge in [0.2, 0.25) is 0 Å². The van der Waals surface area contributed by atoms with Crippen LogP contribution in [0.3, 0.4) is 0 Å². The van der Waals surface area contributed by atoms with E-state index in [9.17, 15) is 0 Å². The lowest BCUT2D eigenvalue weighted by Gasteiger charge is -2.22. The summed E-state index contributed by atoms with van der Waals surface area (Å²) >= 11 is 5.77. The minimum absolute atomic E-state index is 0.434. The topological polar surface area (TPSA) is 41.0 Å². The molecule has 88 valence electrons. The molecular weight excluding hydrogens is 224 g/mol. The molecule has 16 heavy (non-hydrogen) atoms. The molecule has 0 bridgehead atoms. The summed E-state index contributed by atoms with van der Waals surface area (Å²) in [5.74, 6) is 0.760. The number of anilines is 1. The lowest BCUT2D eigenvalue weighted by atomic mass is 10.2. The third-order valence-electron chi connectivity index (χ3n) is 3.03. The Morgan fingerprint density at radius 3 is 3.19 bits per heavy atom. The number of likely N-dealkylation sites (N-methyl/N-ethyl adjacent to an activating group) is 1. The number of rotatable bonds is 4. The zero-order chi connectivity index (χ0) is 11.4. The molecule has 2 rings (SSSR count). The summed E-state index contributed by atoms with van der Waals surface area (Å²) in [4.78, 5) is 10.6. The van der Waals surface area contributed by atoms with Gasteiger partial charge in [-0.05, 0) is 25.9 Å². The molecule has 1 atom stereocenters. The number of nitrogens with zero attached hydrogens (tertiary/aromatic N) is 3. The summed E-state index contributed by atoms with van der Waals surface area (Å²) in [6.45, 7) is 5.46. The second-order valence-electron chi connectivity index (χ2n) is 4.03. The average molecular weight is 241 g/mol. The molecular formula is C11H17ClN4. The second kappa shape index (κ2) is 5.46. The van der Waals surface area contributed by atoms with Crippen LogP contribution in [0.2, 0.25) is 5.15 Å². The van der Waals surface area contributed by atoms with Crippen molar-refractivity contribution in [1.29, 1.82) is 0 Å². The molecule has 4 nitrogen and oxygen atoms in total. The highest BCUT2D eigenvalue weighted by Gasteiger charge is 2.22. The van der Waals surface area contributed by atoms with Gasteiger partial charge in [-0.3, -0.25) is 9.88 Å². The number of aromatic nitrogens is 2. The molecule has 0 aromatic carbocycles. The molecule has 0 radical (unpaired) electrons. The first-order chi connectivity index (χ1) is 7.79. The number of likely N-dealkylation sites (tertiary alicyclic amines) is 1. The van der Waals surface area contributed by atoms with Gasteiger partial charge in [0.1, 0.15) is 11.0 Å². The fourth-order valence-corrected chi connectivity index (χ4v) is 2.34. The highest BCUT2D eigenvalue weighted by Crippen LogP contribution is 2.17. The fraction of sp³-hybridized carbons (Fsp3) is 0.636. The van der Waals surface area contributed by atoms with Crippen molar-refractivity contribution in [2.24, 2.45) is 0 Å². The van der Waals surface area contributed by atoms with Crippen LogP contribution in [0.1, 0.15) is 19.8 Å². The van der Waals surface area contributed by atoms with Crippen molar-refractivity contribution >= 4 is 17.4 Å². The Labute approximate surface area is 101 Å². The molecule has 0 saturated carbocycles. The molecule has 0 amide bonds. The summed E-state index contributed by atoms with van der Waals surface area (Å²) in [7, 11) is 0. The van der Waals surface area contributed by atoms with E-state index in [4.69, 9.17) is 11.6 Å². The molecule has 1 aliphatic heterocycles. The lowest BCUT2D eigenvalue weighted by molar-refractivity contribution is 0.277. The standard InChI is InChI=1S/C11H17ClN4/c1-2-16-5-3-4-9(16)6-14-11-8-13-7-10(12)15-11/h7-9H,2-6H2,1H3,(H,14,15). The highest BCUT2D eigenvalue weighted by molar-refractivity contribution is 6.29. The summed E-state index contributed by atoms with van der Waals surface area (Å²) in [5, 5.41) is 3.73. The van der Waals surface area contributed by atoms with Gasteiger partial charge in [0.25, 0.3) is 0 Å². The van der Waals surface area contributed by atoms with Gasteiger partial charge >= 0.3 is 0 Å². The molecule has 1 unspecified atom stereocenters. The molecule has 1 N–H and O–H groups in total. The molecule has 0 spiro atoms. The maximum absolute atomic E-state index is 5.77. The van der Waals surface area contributed by atoms with Crippen molar-refractivity contribution in [1.82, 2.24) is 14.9 Å². The molecule has 1 aliphatic rings. The van der Waals surface area contributed by atoms with E-state index < -0.39 is 0 Å². The molecule has 2 heterocycles. The second-order valence-corrected chi connectivity index (χ2v) is 4.42. The van der Waals surface area contributed by atoms with Crippen molar-refractivity contribution in [3.63, 3.8) is 0 Å². The van der Waals surface area contributed by atoms with Crippen molar-refractivity contribution in [3.8, 4) is 0 Å². The van der Waals surface area contributed by atoms with Crippen LogP contribution in [-0.2, 0) is 0 Å². The van der Waals surface area contributed by atoms with Gasteiger partial charge in [0, 0.05) is 12.6 Å². The maximum atomic E-state index is 5.77. The third-order valence-corrected chi connectivity index (χ3v) is 3.21. The van der Waals surface area contributed by atoms with E-state index in [0.717, 1.165) is 18.9 Å². The van der Waals surface area contributed by atoms with Crippen LogP contribution in [0.25, 0.3) is 0 Å². The van der Waals surface area contributed by atoms with Crippen molar-refractivity contribution in [3.05, 3.63) is 17.5 Å². The molecule has 1 saturated heterocycles. The van der Waals surface area contributed by atoms with E-state index in [1.54, 1.807) is 12.4 Å². The monoisotopic (exact) mass is 240 g/mol. The Balaban J connectivity index is 1.87. The van der Waals surface area contributed by atoms with Crippen LogP contribution < -0.4 is 5.32 Å². The van der Waals surface area contributed by atoms with Crippen LogP contribution in [0.4, 0.5) is 5.82 Å². The summed E-state index contributed by atoms with van der Waals surface area (Å²) < 4.78 is 0. The summed E-state index contributed by atoms with van der Waals surface area (Å²) in [6, 6.07) is 0.616. The zero-order valence-corrected chi connectivity index (χ0v) is 10.2. The van der Waals surface area contributed by atoms with Gasteiger partial charge in [0.05, 0.1) is 12.4 Å². The van der Waals surface area contributed by atoms with Crippen LogP contribution in [0.5, 0.6) is 0 Å². The van der Waals surface area contributed by atoms with Gasteiger partial charge in [0.15, 0.2) is 0 Å². The summed E-state index contributed by atoms with van der Waals surface area (Å²) in [6.07, 6.45) is 5.80. The Morgan fingerprint density at radius 2 is 2.44 bits per heavy atom. The van der Waals surface area contributed by atoms with Gasteiger partial charge in [-0.1, -0.05) is 18.5 Å². The Hall–Kier alpha value is -0.870. The zero-order valence-electron chi connectivity index (χ0n) is 9.49. The molecule has 1 fully saturated rings. The first kappa shape index (κ1) is 11.6. The first-order valence-electron chi connectivity index (χ1n) is 5.75. The normalized spacial score (nSPS) is 21.2. The quantitative estimate of drug-likeness (QED) is 0.875. The smallest absolute Gasteiger partial charge is 0.149 e. The van der Waals surface area contributed by atoms with Crippen LogP contribution in [-0.4, -0.2) is 40.5 Å². The maximum Gasteiger partial charge on any atom is 0.149 e. The molecule has 0 aliphatic carbocycles. The number of halogens is 1. The van der Waals surface area contributed by atoms with Crippen LogP contribution in [0, 0.1) is 0 Å². The predicted molar refractivity (Wildman–Crippen MR) is 65.8 cm³/mol. The van der Waals surface area contributed by atoms with Gasteiger partial charge in [-0.2, -0.15) is 0 Å². The Kier molecular flexibility index (Phi) is 3.96. The lowest BCUT2D eigenvalue weighted by Crippen LogP contribution is -2.34. The molecule has 5 heteroatoms. The van der Waals surface area contributed by atoms with Gasteiger partial charge < -0.3 is 5.32 Å². The van der Waals surface area contributed by atoms with E-state index in [0.29, 0.717) is 11.2 Å². The number of nitrogens with one attached hydrogen (secondary N) is 1. The van der Waals surface area contributed by atoms with Crippen molar-refractivity contribution < 1.29 is 0 Å². The van der Waals surface area contributed by atoms with E-state index in [1.807, 2.05) is 0 Å². The molecule has 1 aromatic rings. The van der Waals surface area contributed by atoms with Gasteiger partial charge in [-0.25, -0.2) is 4.98 Å². The van der Waals surface area contributed by atoms with E-state index in [2.05, 4.69) is 27.1 Å². The SMILES string of the molecule is CCN1CCCC1CNc1cncc(Cl)n1. The van der Waals surface area contributed by atoms with E-state index in [1.165, 1.54) is 19.4 Å². The highest BCUT2D eigenvalue weighted by atomic mass is 35.5. The largest absolute Gasteiger partial charge is 0.367 e. The van der Waals surface area contributed by atoms with E-state index in [-0.39, 0.29) is 0 Å². The van der Waals surface area contributed by atoms with Crippen LogP contribution >= 0.6 is 11.6 Å². The first-order valence-corrected chi connectivity index (χ1v) is 6.13. The molecule has 1 aromatic heterocycles. The predicted octanol–water partition coefficient (Wildman–Crippen LogP) is 2.03. The van der Waals surface area contributed by atoms with Crippen LogP contribution in [0.15, 0.2) is 12.4 Å². The Morgan fingerprint density at radius 1 is 1.56 bits per heavy atom. The Bertz CT molecular complexity index is 345. The van der Waals surface area contributed by atoms with Crippen molar-refractivity contribution in [2.45, 2.75) is 25.8 Å². The summed E-state index contributed by atoms with van der Waals surface area (Å²) in [5.41, 5.74) is 0. The number of hydrogen-bond acceptors (Lipinski definition) is 4. The average Bonchev–Trinajstić information content (AvgIpc) is 2.74. The number of hydrogen-bond donors (Lipinski definition) is 1. The van der Waals surface area contributed by atoms with Crippen molar-refractivity contribution in [2.75, 3.05) is 25.0 Å². The minimum Gasteiger partial charge on any atom is -0.367 e. The van der Waals surface area contributed by atoms with E-state index >= 15 is 0 Å². The third kappa shape index (κ3) is 2.83.